The lowest BCUT2D eigenvalue weighted by atomic mass is 10.2. The maximum atomic E-state index is 13.2. The van der Waals surface area contributed by atoms with Gasteiger partial charge in [0.2, 0.25) is 0 Å². The van der Waals surface area contributed by atoms with Gasteiger partial charge in [0.1, 0.15) is 5.82 Å². The van der Waals surface area contributed by atoms with Gasteiger partial charge in [-0.05, 0) is 55.0 Å². The highest BCUT2D eigenvalue weighted by atomic mass is 35.5. The van der Waals surface area contributed by atoms with E-state index in [9.17, 15) is 9.18 Å². The van der Waals surface area contributed by atoms with Gasteiger partial charge in [0.25, 0.3) is 5.91 Å². The molecule has 0 spiro atoms. The SMILES string of the molecule is Cc1ccc(Cl)cc1Nc1ccc(NC(=O)c2cccc(F)c2)nn1. The highest BCUT2D eigenvalue weighted by molar-refractivity contribution is 6.30. The van der Waals surface area contributed by atoms with Crippen molar-refractivity contribution in [3.05, 3.63) is 76.6 Å². The smallest absolute Gasteiger partial charge is 0.256 e. The third-order valence-electron chi connectivity index (χ3n) is 3.46. The van der Waals surface area contributed by atoms with E-state index in [2.05, 4.69) is 20.8 Å². The normalized spacial score (nSPS) is 10.4. The fraction of sp³-hybridized carbons (Fsp3) is 0.0556. The number of carbonyl (C=O) groups is 1. The van der Waals surface area contributed by atoms with E-state index < -0.39 is 11.7 Å². The van der Waals surface area contributed by atoms with E-state index in [-0.39, 0.29) is 11.4 Å². The standard InChI is InChI=1S/C18H14ClFN4O/c1-11-5-6-13(19)10-15(11)21-16-7-8-17(24-23-16)22-18(25)12-3-2-4-14(20)9-12/h2-10H,1H3,(H,21,23)(H,22,24,25). The molecule has 0 bridgehead atoms. The molecule has 1 aromatic heterocycles. The minimum atomic E-state index is -0.477. The Kier molecular flexibility index (Phi) is 4.90. The van der Waals surface area contributed by atoms with Gasteiger partial charge in [-0.1, -0.05) is 23.7 Å². The van der Waals surface area contributed by atoms with Gasteiger partial charge in [-0.2, -0.15) is 0 Å². The Morgan fingerprint density at radius 3 is 2.52 bits per heavy atom. The zero-order valence-corrected chi connectivity index (χ0v) is 14.0. The lowest BCUT2D eigenvalue weighted by molar-refractivity contribution is 0.102. The van der Waals surface area contributed by atoms with Crippen molar-refractivity contribution in [1.29, 1.82) is 0 Å². The zero-order chi connectivity index (χ0) is 17.8. The summed E-state index contributed by atoms with van der Waals surface area (Å²) in [5.74, 6) is -0.160. The van der Waals surface area contributed by atoms with E-state index in [0.717, 1.165) is 17.3 Å². The van der Waals surface area contributed by atoms with Crippen molar-refractivity contribution in [2.45, 2.75) is 6.92 Å². The second-order valence-corrected chi connectivity index (χ2v) is 5.79. The Labute approximate surface area is 148 Å². The van der Waals surface area contributed by atoms with Crippen LogP contribution in [-0.4, -0.2) is 16.1 Å². The van der Waals surface area contributed by atoms with E-state index in [4.69, 9.17) is 11.6 Å². The average Bonchev–Trinajstić information content (AvgIpc) is 2.60. The second-order valence-electron chi connectivity index (χ2n) is 5.35. The summed E-state index contributed by atoms with van der Waals surface area (Å²) >= 11 is 5.98. The average molecular weight is 357 g/mol. The van der Waals surface area contributed by atoms with Crippen molar-refractivity contribution in [2.24, 2.45) is 0 Å². The Morgan fingerprint density at radius 2 is 1.80 bits per heavy atom. The molecule has 0 aliphatic heterocycles. The number of hydrogen-bond donors (Lipinski definition) is 2. The fourth-order valence-electron chi connectivity index (χ4n) is 2.15. The van der Waals surface area contributed by atoms with Crippen LogP contribution in [0.25, 0.3) is 0 Å². The summed E-state index contributed by atoms with van der Waals surface area (Å²) in [6.07, 6.45) is 0. The van der Waals surface area contributed by atoms with Crippen molar-refractivity contribution in [3.63, 3.8) is 0 Å². The molecule has 3 aromatic rings. The van der Waals surface area contributed by atoms with E-state index in [1.807, 2.05) is 13.0 Å². The largest absolute Gasteiger partial charge is 0.338 e. The van der Waals surface area contributed by atoms with Crippen molar-refractivity contribution in [2.75, 3.05) is 10.6 Å². The molecule has 3 rings (SSSR count). The van der Waals surface area contributed by atoms with E-state index in [1.54, 1.807) is 24.3 Å². The number of aryl methyl sites for hydroxylation is 1. The Bertz CT molecular complexity index is 915. The third kappa shape index (κ3) is 4.30. The van der Waals surface area contributed by atoms with Crippen molar-refractivity contribution >= 4 is 34.8 Å². The second kappa shape index (κ2) is 7.27. The molecule has 1 amide bonds. The molecule has 7 heteroatoms. The molecule has 2 aromatic carbocycles. The van der Waals surface area contributed by atoms with Crippen LogP contribution in [0.2, 0.25) is 5.02 Å². The number of rotatable bonds is 4. The molecular weight excluding hydrogens is 343 g/mol. The number of nitrogens with zero attached hydrogens (tertiary/aromatic N) is 2. The lowest BCUT2D eigenvalue weighted by Crippen LogP contribution is -2.13. The molecule has 0 atom stereocenters. The number of benzene rings is 2. The number of nitrogens with one attached hydrogen (secondary N) is 2. The van der Waals surface area contributed by atoms with Gasteiger partial charge in [0.05, 0.1) is 0 Å². The van der Waals surface area contributed by atoms with Gasteiger partial charge >= 0.3 is 0 Å². The molecule has 2 N–H and O–H groups in total. The van der Waals surface area contributed by atoms with E-state index in [0.29, 0.717) is 10.8 Å². The Morgan fingerprint density at radius 1 is 1.04 bits per heavy atom. The Hall–Kier alpha value is -2.99. The maximum Gasteiger partial charge on any atom is 0.256 e. The summed E-state index contributed by atoms with van der Waals surface area (Å²) in [5, 5.41) is 14.3. The minimum absolute atomic E-state index is 0.207. The van der Waals surface area contributed by atoms with Gasteiger partial charge in [-0.25, -0.2) is 4.39 Å². The van der Waals surface area contributed by atoms with Crippen molar-refractivity contribution < 1.29 is 9.18 Å². The van der Waals surface area contributed by atoms with Gasteiger partial charge in [0.15, 0.2) is 11.6 Å². The molecule has 0 aliphatic carbocycles. The fourth-order valence-corrected chi connectivity index (χ4v) is 2.32. The van der Waals surface area contributed by atoms with Crippen LogP contribution in [0.1, 0.15) is 15.9 Å². The summed E-state index contributed by atoms with van der Waals surface area (Å²) in [4.78, 5) is 12.0. The molecule has 0 fully saturated rings. The summed E-state index contributed by atoms with van der Waals surface area (Å²) in [6, 6.07) is 14.2. The van der Waals surface area contributed by atoms with Gasteiger partial charge in [-0.3, -0.25) is 4.79 Å². The summed E-state index contributed by atoms with van der Waals surface area (Å²) in [6.45, 7) is 1.94. The molecule has 0 unspecified atom stereocenters. The first kappa shape index (κ1) is 16.9. The first-order chi connectivity index (χ1) is 12.0. The van der Waals surface area contributed by atoms with Crippen molar-refractivity contribution in [3.8, 4) is 0 Å². The van der Waals surface area contributed by atoms with Crippen LogP contribution in [0, 0.1) is 12.7 Å². The number of anilines is 3. The predicted molar refractivity (Wildman–Crippen MR) is 95.9 cm³/mol. The van der Waals surface area contributed by atoms with Crippen LogP contribution >= 0.6 is 11.6 Å². The molecule has 25 heavy (non-hydrogen) atoms. The Balaban J connectivity index is 1.70. The third-order valence-corrected chi connectivity index (χ3v) is 3.69. The molecule has 0 radical (unpaired) electrons. The highest BCUT2D eigenvalue weighted by Gasteiger charge is 2.08. The summed E-state index contributed by atoms with van der Waals surface area (Å²) < 4.78 is 13.2. The topological polar surface area (TPSA) is 66.9 Å². The van der Waals surface area contributed by atoms with Gasteiger partial charge < -0.3 is 10.6 Å². The van der Waals surface area contributed by atoms with Crippen LogP contribution in [0.4, 0.5) is 21.7 Å². The summed E-state index contributed by atoms with van der Waals surface area (Å²) in [5.41, 5.74) is 2.03. The minimum Gasteiger partial charge on any atom is -0.338 e. The molecule has 0 saturated heterocycles. The quantitative estimate of drug-likeness (QED) is 0.718. The molecule has 0 aliphatic rings. The molecule has 5 nitrogen and oxygen atoms in total. The molecule has 1 heterocycles. The van der Waals surface area contributed by atoms with Gasteiger partial charge in [-0.15, -0.1) is 10.2 Å². The number of carbonyl (C=O) groups excluding carboxylic acids is 1. The zero-order valence-electron chi connectivity index (χ0n) is 13.3. The van der Waals surface area contributed by atoms with E-state index in [1.165, 1.54) is 18.2 Å². The number of hydrogen-bond acceptors (Lipinski definition) is 4. The number of amides is 1. The predicted octanol–water partition coefficient (Wildman–Crippen LogP) is 4.57. The van der Waals surface area contributed by atoms with Crippen LogP contribution in [0.5, 0.6) is 0 Å². The molecule has 0 saturated carbocycles. The highest BCUT2D eigenvalue weighted by Crippen LogP contribution is 2.23. The van der Waals surface area contributed by atoms with Crippen LogP contribution in [-0.2, 0) is 0 Å². The first-order valence-electron chi connectivity index (χ1n) is 7.45. The van der Waals surface area contributed by atoms with Crippen LogP contribution < -0.4 is 10.6 Å². The van der Waals surface area contributed by atoms with Crippen LogP contribution in [0.3, 0.4) is 0 Å². The monoisotopic (exact) mass is 356 g/mol. The number of halogens is 2. The lowest BCUT2D eigenvalue weighted by Gasteiger charge is -2.09. The summed E-state index contributed by atoms with van der Waals surface area (Å²) in [7, 11) is 0. The van der Waals surface area contributed by atoms with Crippen molar-refractivity contribution in [1.82, 2.24) is 10.2 Å². The van der Waals surface area contributed by atoms with E-state index >= 15 is 0 Å². The number of aromatic nitrogens is 2. The molecular formula is C18H14ClFN4O. The first-order valence-corrected chi connectivity index (χ1v) is 7.83. The maximum absolute atomic E-state index is 13.2. The van der Waals surface area contributed by atoms with Crippen LogP contribution in [0.15, 0.2) is 54.6 Å². The molecule has 126 valence electrons. The van der Waals surface area contributed by atoms with Gasteiger partial charge in [0, 0.05) is 16.3 Å².